The Balaban J connectivity index is 1.65. The Labute approximate surface area is 134 Å². The molecule has 4 nitrogen and oxygen atoms in total. The van der Waals surface area contributed by atoms with Crippen molar-refractivity contribution in [2.24, 2.45) is 0 Å². The standard InChI is InChI=1S/C19H17N3O/c1-23-19-9-6-13(16-4-2-3-5-17(16)19)11-20-15-7-8-18-14(10-15)12-21-22-18/h2-10,12,20H,11H2,1H3,(H,21,22). The van der Waals surface area contributed by atoms with Crippen molar-refractivity contribution in [3.63, 3.8) is 0 Å². The van der Waals surface area contributed by atoms with Gasteiger partial charge in [-0.05, 0) is 35.2 Å². The van der Waals surface area contributed by atoms with Gasteiger partial charge >= 0.3 is 0 Å². The minimum atomic E-state index is 0.758. The normalized spacial score (nSPS) is 11.0. The average Bonchev–Trinajstić information content (AvgIpc) is 3.07. The van der Waals surface area contributed by atoms with Crippen molar-refractivity contribution in [3.8, 4) is 5.75 Å². The van der Waals surface area contributed by atoms with Crippen LogP contribution in [-0.4, -0.2) is 17.3 Å². The van der Waals surface area contributed by atoms with Crippen molar-refractivity contribution in [1.82, 2.24) is 10.2 Å². The third-order valence-corrected chi connectivity index (χ3v) is 4.12. The zero-order valence-corrected chi connectivity index (χ0v) is 12.8. The minimum Gasteiger partial charge on any atom is -0.496 e. The van der Waals surface area contributed by atoms with Gasteiger partial charge in [-0.1, -0.05) is 30.3 Å². The molecule has 0 unspecified atom stereocenters. The van der Waals surface area contributed by atoms with E-state index in [4.69, 9.17) is 4.74 Å². The average molecular weight is 303 g/mol. The van der Waals surface area contributed by atoms with Crippen LogP contribution in [0.3, 0.4) is 0 Å². The van der Waals surface area contributed by atoms with Crippen LogP contribution in [0.15, 0.2) is 60.8 Å². The molecule has 2 N–H and O–H groups in total. The van der Waals surface area contributed by atoms with Crippen LogP contribution < -0.4 is 10.1 Å². The third kappa shape index (κ3) is 2.48. The highest BCUT2D eigenvalue weighted by Crippen LogP contribution is 2.29. The predicted octanol–water partition coefficient (Wildman–Crippen LogP) is 4.34. The third-order valence-electron chi connectivity index (χ3n) is 4.12. The number of H-pyrrole nitrogens is 1. The Bertz CT molecular complexity index is 975. The number of ether oxygens (including phenoxy) is 1. The maximum Gasteiger partial charge on any atom is 0.126 e. The van der Waals surface area contributed by atoms with Gasteiger partial charge in [-0.2, -0.15) is 5.10 Å². The molecule has 1 heterocycles. The van der Waals surface area contributed by atoms with Gasteiger partial charge in [-0.3, -0.25) is 5.10 Å². The summed E-state index contributed by atoms with van der Waals surface area (Å²) >= 11 is 0. The summed E-state index contributed by atoms with van der Waals surface area (Å²) in [7, 11) is 1.71. The van der Waals surface area contributed by atoms with Gasteiger partial charge in [0.15, 0.2) is 0 Å². The first-order chi connectivity index (χ1) is 11.3. The highest BCUT2D eigenvalue weighted by molar-refractivity contribution is 5.91. The number of aromatic amines is 1. The summed E-state index contributed by atoms with van der Waals surface area (Å²) in [6.45, 7) is 0.758. The molecule has 0 radical (unpaired) electrons. The number of methoxy groups -OCH3 is 1. The maximum absolute atomic E-state index is 5.45. The summed E-state index contributed by atoms with van der Waals surface area (Å²) in [5.41, 5.74) is 3.37. The van der Waals surface area contributed by atoms with Crippen LogP contribution in [0.25, 0.3) is 21.7 Å². The second-order valence-electron chi connectivity index (χ2n) is 5.50. The van der Waals surface area contributed by atoms with E-state index in [1.165, 1.54) is 10.9 Å². The minimum absolute atomic E-state index is 0.758. The Morgan fingerprint density at radius 2 is 1.91 bits per heavy atom. The van der Waals surface area contributed by atoms with E-state index in [1.54, 1.807) is 7.11 Å². The highest BCUT2D eigenvalue weighted by atomic mass is 16.5. The lowest BCUT2D eigenvalue weighted by molar-refractivity contribution is 0.419. The van der Waals surface area contributed by atoms with Crippen molar-refractivity contribution in [2.75, 3.05) is 12.4 Å². The fourth-order valence-electron chi connectivity index (χ4n) is 2.92. The fraction of sp³-hybridized carbons (Fsp3) is 0.105. The molecule has 0 spiro atoms. The second-order valence-corrected chi connectivity index (χ2v) is 5.50. The molecule has 114 valence electrons. The Morgan fingerprint density at radius 1 is 1.04 bits per heavy atom. The summed E-state index contributed by atoms with van der Waals surface area (Å²) in [6, 6.07) is 18.7. The summed E-state index contributed by atoms with van der Waals surface area (Å²) < 4.78 is 5.45. The van der Waals surface area contributed by atoms with Crippen molar-refractivity contribution in [1.29, 1.82) is 0 Å². The molecular formula is C19H17N3O. The van der Waals surface area contributed by atoms with E-state index < -0.39 is 0 Å². The molecule has 0 saturated heterocycles. The van der Waals surface area contributed by atoms with Crippen LogP contribution in [0.2, 0.25) is 0 Å². The molecule has 0 aliphatic carbocycles. The van der Waals surface area contributed by atoms with Gasteiger partial charge in [0.1, 0.15) is 5.75 Å². The number of nitrogens with one attached hydrogen (secondary N) is 2. The van der Waals surface area contributed by atoms with E-state index in [9.17, 15) is 0 Å². The largest absolute Gasteiger partial charge is 0.496 e. The number of anilines is 1. The zero-order valence-electron chi connectivity index (χ0n) is 12.8. The number of rotatable bonds is 4. The first-order valence-corrected chi connectivity index (χ1v) is 7.57. The van der Waals surface area contributed by atoms with Crippen LogP contribution in [0.1, 0.15) is 5.56 Å². The van der Waals surface area contributed by atoms with E-state index in [-0.39, 0.29) is 0 Å². The monoisotopic (exact) mass is 303 g/mol. The number of hydrogen-bond donors (Lipinski definition) is 2. The molecule has 0 fully saturated rings. The number of hydrogen-bond acceptors (Lipinski definition) is 3. The molecule has 4 heteroatoms. The van der Waals surface area contributed by atoms with Gasteiger partial charge < -0.3 is 10.1 Å². The van der Waals surface area contributed by atoms with Gasteiger partial charge in [0.2, 0.25) is 0 Å². The maximum atomic E-state index is 5.45. The number of nitrogens with zero attached hydrogens (tertiary/aromatic N) is 1. The lowest BCUT2D eigenvalue weighted by Crippen LogP contribution is -2.00. The molecule has 4 aromatic rings. The SMILES string of the molecule is COc1ccc(CNc2ccc3[nH]ncc3c2)c2ccccc12. The zero-order chi connectivity index (χ0) is 15.6. The quantitative estimate of drug-likeness (QED) is 0.590. The smallest absolute Gasteiger partial charge is 0.126 e. The van der Waals surface area contributed by atoms with Crippen LogP contribution >= 0.6 is 0 Å². The molecule has 4 rings (SSSR count). The van der Waals surface area contributed by atoms with Crippen molar-refractivity contribution in [3.05, 3.63) is 66.4 Å². The van der Waals surface area contributed by atoms with E-state index in [2.05, 4.69) is 51.9 Å². The van der Waals surface area contributed by atoms with Gasteiger partial charge in [-0.25, -0.2) is 0 Å². The van der Waals surface area contributed by atoms with Crippen molar-refractivity contribution >= 4 is 27.4 Å². The second kappa shape index (κ2) is 5.65. The highest BCUT2D eigenvalue weighted by Gasteiger charge is 2.06. The van der Waals surface area contributed by atoms with Gasteiger partial charge in [0, 0.05) is 23.0 Å². The van der Waals surface area contributed by atoms with E-state index >= 15 is 0 Å². The number of benzene rings is 3. The van der Waals surface area contributed by atoms with Gasteiger partial charge in [0.25, 0.3) is 0 Å². The van der Waals surface area contributed by atoms with Crippen LogP contribution in [-0.2, 0) is 6.54 Å². The van der Waals surface area contributed by atoms with Crippen LogP contribution in [0, 0.1) is 0 Å². The molecule has 23 heavy (non-hydrogen) atoms. The molecule has 0 aliphatic rings. The number of aromatic nitrogens is 2. The first kappa shape index (κ1) is 13.6. The topological polar surface area (TPSA) is 49.9 Å². The molecular weight excluding hydrogens is 286 g/mol. The Hall–Kier alpha value is -3.01. The van der Waals surface area contributed by atoms with E-state index in [1.807, 2.05) is 24.4 Å². The van der Waals surface area contributed by atoms with E-state index in [0.717, 1.165) is 34.3 Å². The lowest BCUT2D eigenvalue weighted by Gasteiger charge is -2.12. The molecule has 0 saturated carbocycles. The molecule has 0 aliphatic heterocycles. The van der Waals surface area contributed by atoms with Crippen molar-refractivity contribution < 1.29 is 4.74 Å². The summed E-state index contributed by atoms with van der Waals surface area (Å²) in [5, 5.41) is 14.0. The lowest BCUT2D eigenvalue weighted by atomic mass is 10.0. The fourth-order valence-corrected chi connectivity index (χ4v) is 2.92. The number of fused-ring (bicyclic) bond motifs is 2. The molecule has 1 aromatic heterocycles. The summed E-state index contributed by atoms with van der Waals surface area (Å²) in [4.78, 5) is 0. The Kier molecular flexibility index (Phi) is 3.35. The first-order valence-electron chi connectivity index (χ1n) is 7.57. The van der Waals surface area contributed by atoms with E-state index in [0.29, 0.717) is 0 Å². The molecule has 0 amide bonds. The summed E-state index contributed by atoms with van der Waals surface area (Å²) in [6.07, 6.45) is 1.84. The van der Waals surface area contributed by atoms with Gasteiger partial charge in [-0.15, -0.1) is 0 Å². The molecule has 0 atom stereocenters. The van der Waals surface area contributed by atoms with Gasteiger partial charge in [0.05, 0.1) is 18.8 Å². The summed E-state index contributed by atoms with van der Waals surface area (Å²) in [5.74, 6) is 0.907. The predicted molar refractivity (Wildman–Crippen MR) is 93.9 cm³/mol. The van der Waals surface area contributed by atoms with Crippen LogP contribution in [0.4, 0.5) is 5.69 Å². The molecule has 3 aromatic carbocycles. The van der Waals surface area contributed by atoms with Crippen molar-refractivity contribution in [2.45, 2.75) is 6.54 Å². The molecule has 0 bridgehead atoms. The Morgan fingerprint density at radius 3 is 2.78 bits per heavy atom. The van der Waals surface area contributed by atoms with Crippen LogP contribution in [0.5, 0.6) is 5.75 Å².